The van der Waals surface area contributed by atoms with E-state index < -0.39 is 12.5 Å². The maximum absolute atomic E-state index is 13.9. The quantitative estimate of drug-likeness (QED) is 0.633. The summed E-state index contributed by atoms with van der Waals surface area (Å²) in [5, 5.41) is 2.68. The third kappa shape index (κ3) is 5.82. The average molecular weight is 453 g/mol. The highest BCUT2D eigenvalue weighted by molar-refractivity contribution is 5.97. The fourth-order valence-electron chi connectivity index (χ4n) is 4.17. The zero-order valence-electron chi connectivity index (χ0n) is 19.1. The molecule has 3 N–H and O–H groups in total. The fourth-order valence-corrected chi connectivity index (χ4v) is 4.17. The van der Waals surface area contributed by atoms with Crippen molar-refractivity contribution >= 4 is 23.2 Å². The number of amides is 2. The first kappa shape index (κ1) is 24.5. The topological polar surface area (TPSA) is 87.9 Å². The standard InChI is InChI=1S/C23H34F2N4O3/c1-23(2,3)14-29(15-5-4-6-15)19(12-26)22(31)27-18-8-7-16(11-17(18)21(24)25)28-9-10-32-13-20(28)30/h7-8,11,15,19,21H,4-6,9-10,12-14,26H2,1-3H3,(H,27,31)/t19-/m0/s1. The summed E-state index contributed by atoms with van der Waals surface area (Å²) < 4.78 is 32.8. The van der Waals surface area contributed by atoms with Crippen molar-refractivity contribution in [3.8, 4) is 0 Å². The molecule has 0 spiro atoms. The molecule has 0 aromatic heterocycles. The number of ether oxygens (including phenoxy) is 1. The van der Waals surface area contributed by atoms with Gasteiger partial charge in [0, 0.05) is 42.6 Å². The number of hydrogen-bond donors (Lipinski definition) is 2. The molecule has 178 valence electrons. The Morgan fingerprint density at radius 2 is 2.06 bits per heavy atom. The Morgan fingerprint density at radius 3 is 2.59 bits per heavy atom. The van der Waals surface area contributed by atoms with Crippen LogP contribution in [-0.4, -0.2) is 61.6 Å². The van der Waals surface area contributed by atoms with Crippen LogP contribution in [0.2, 0.25) is 0 Å². The summed E-state index contributed by atoms with van der Waals surface area (Å²) in [6.45, 7) is 7.66. The summed E-state index contributed by atoms with van der Waals surface area (Å²) in [4.78, 5) is 28.8. The smallest absolute Gasteiger partial charge is 0.265 e. The lowest BCUT2D eigenvalue weighted by Crippen LogP contribution is -2.57. The van der Waals surface area contributed by atoms with Crippen LogP contribution in [0.25, 0.3) is 0 Å². The third-order valence-electron chi connectivity index (χ3n) is 5.95. The number of hydrogen-bond acceptors (Lipinski definition) is 5. The minimum absolute atomic E-state index is 0.0379. The number of nitrogens with two attached hydrogens (primary N) is 1. The second kappa shape index (κ2) is 10.2. The van der Waals surface area contributed by atoms with Crippen LogP contribution in [0.4, 0.5) is 20.2 Å². The van der Waals surface area contributed by atoms with Crippen LogP contribution in [0.1, 0.15) is 52.0 Å². The largest absolute Gasteiger partial charge is 0.370 e. The lowest BCUT2D eigenvalue weighted by atomic mass is 9.86. The molecule has 2 aliphatic rings. The summed E-state index contributed by atoms with van der Waals surface area (Å²) in [6, 6.07) is 3.94. The van der Waals surface area contributed by atoms with Crippen molar-refractivity contribution in [1.29, 1.82) is 0 Å². The Labute approximate surface area is 188 Å². The predicted octanol–water partition coefficient (Wildman–Crippen LogP) is 3.15. The second-order valence-corrected chi connectivity index (χ2v) is 9.73. The average Bonchev–Trinajstić information content (AvgIpc) is 2.66. The first-order chi connectivity index (χ1) is 15.1. The number of halogens is 2. The lowest BCUT2D eigenvalue weighted by Gasteiger charge is -2.44. The van der Waals surface area contributed by atoms with E-state index in [2.05, 4.69) is 31.0 Å². The summed E-state index contributed by atoms with van der Waals surface area (Å²) in [5.41, 5.74) is 6.04. The zero-order valence-corrected chi connectivity index (χ0v) is 19.1. The van der Waals surface area contributed by atoms with Gasteiger partial charge >= 0.3 is 0 Å². The Morgan fingerprint density at radius 1 is 1.34 bits per heavy atom. The number of morpholine rings is 1. The van der Waals surface area contributed by atoms with Gasteiger partial charge in [-0.3, -0.25) is 14.5 Å². The summed E-state index contributed by atoms with van der Waals surface area (Å²) in [5.74, 6) is -0.671. The molecule has 1 aromatic carbocycles. The van der Waals surface area contributed by atoms with Crippen LogP contribution in [0.5, 0.6) is 0 Å². The summed E-state index contributed by atoms with van der Waals surface area (Å²) in [7, 11) is 0. The number of carbonyl (C=O) groups is 2. The molecule has 2 amide bonds. The molecular weight excluding hydrogens is 418 g/mol. The molecule has 0 unspecified atom stereocenters. The van der Waals surface area contributed by atoms with Gasteiger partial charge in [-0.05, 0) is 36.5 Å². The molecule has 1 atom stereocenters. The minimum atomic E-state index is -2.81. The zero-order chi connectivity index (χ0) is 23.5. The molecule has 9 heteroatoms. The summed E-state index contributed by atoms with van der Waals surface area (Å²) >= 11 is 0. The normalized spacial score (nSPS) is 18.8. The van der Waals surface area contributed by atoms with Gasteiger partial charge in [0.2, 0.25) is 5.91 Å². The van der Waals surface area contributed by atoms with Crippen LogP contribution in [0.15, 0.2) is 18.2 Å². The predicted molar refractivity (Wildman–Crippen MR) is 120 cm³/mol. The molecular formula is C23H34F2N4O3. The fraction of sp³-hybridized carbons (Fsp3) is 0.652. The number of anilines is 2. The van der Waals surface area contributed by atoms with Gasteiger partial charge in [0.05, 0.1) is 6.61 Å². The van der Waals surface area contributed by atoms with E-state index in [0.29, 0.717) is 25.4 Å². The molecule has 1 saturated heterocycles. The minimum Gasteiger partial charge on any atom is -0.370 e. The van der Waals surface area contributed by atoms with Crippen molar-refractivity contribution in [2.75, 3.05) is 43.1 Å². The summed E-state index contributed by atoms with van der Waals surface area (Å²) in [6.07, 6.45) is 0.311. The van der Waals surface area contributed by atoms with Gasteiger partial charge in [0.1, 0.15) is 12.6 Å². The van der Waals surface area contributed by atoms with E-state index >= 15 is 0 Å². The van der Waals surface area contributed by atoms with E-state index in [1.807, 2.05) is 0 Å². The van der Waals surface area contributed by atoms with Gasteiger partial charge in [-0.25, -0.2) is 8.78 Å². The SMILES string of the molecule is CC(C)(C)CN(C1CCC1)[C@@H](CN)C(=O)Nc1ccc(N2CCOCC2=O)cc1C(F)F. The molecule has 0 bridgehead atoms. The van der Waals surface area contributed by atoms with E-state index in [9.17, 15) is 18.4 Å². The first-order valence-corrected chi connectivity index (χ1v) is 11.2. The first-order valence-electron chi connectivity index (χ1n) is 11.2. The maximum atomic E-state index is 13.9. The van der Waals surface area contributed by atoms with Crippen molar-refractivity contribution in [2.24, 2.45) is 11.1 Å². The molecule has 32 heavy (non-hydrogen) atoms. The monoisotopic (exact) mass is 452 g/mol. The second-order valence-electron chi connectivity index (χ2n) is 9.73. The van der Waals surface area contributed by atoms with Gasteiger partial charge < -0.3 is 20.7 Å². The van der Waals surface area contributed by atoms with Crippen LogP contribution in [-0.2, 0) is 14.3 Å². The van der Waals surface area contributed by atoms with E-state index in [1.165, 1.54) is 17.0 Å². The number of carbonyl (C=O) groups excluding carboxylic acids is 2. The maximum Gasteiger partial charge on any atom is 0.265 e. The van der Waals surface area contributed by atoms with Crippen molar-refractivity contribution in [2.45, 2.75) is 58.5 Å². The van der Waals surface area contributed by atoms with Crippen molar-refractivity contribution in [3.63, 3.8) is 0 Å². The third-order valence-corrected chi connectivity index (χ3v) is 5.95. The number of alkyl halides is 2. The highest BCUT2D eigenvalue weighted by Gasteiger charge is 2.36. The molecule has 1 saturated carbocycles. The number of nitrogens with one attached hydrogen (secondary N) is 1. The van der Waals surface area contributed by atoms with Gasteiger partial charge in [0.15, 0.2) is 0 Å². The van der Waals surface area contributed by atoms with E-state index in [0.717, 1.165) is 19.3 Å². The van der Waals surface area contributed by atoms with Gasteiger partial charge in [-0.1, -0.05) is 27.2 Å². The van der Waals surface area contributed by atoms with E-state index in [-0.39, 0.29) is 47.7 Å². The highest BCUT2D eigenvalue weighted by Crippen LogP contribution is 2.33. The van der Waals surface area contributed by atoms with Crippen molar-refractivity contribution in [1.82, 2.24) is 4.90 Å². The van der Waals surface area contributed by atoms with Gasteiger partial charge in [0.25, 0.3) is 12.3 Å². The van der Waals surface area contributed by atoms with E-state index in [1.54, 1.807) is 6.07 Å². The molecule has 1 heterocycles. The van der Waals surface area contributed by atoms with Crippen LogP contribution in [0, 0.1) is 5.41 Å². The molecule has 1 aliphatic carbocycles. The molecule has 2 fully saturated rings. The van der Waals surface area contributed by atoms with Gasteiger partial charge in [-0.15, -0.1) is 0 Å². The molecule has 7 nitrogen and oxygen atoms in total. The Balaban J connectivity index is 1.82. The van der Waals surface area contributed by atoms with Crippen molar-refractivity contribution in [3.05, 3.63) is 23.8 Å². The lowest BCUT2D eigenvalue weighted by molar-refractivity contribution is -0.126. The molecule has 0 radical (unpaired) electrons. The Bertz CT molecular complexity index is 824. The van der Waals surface area contributed by atoms with Gasteiger partial charge in [-0.2, -0.15) is 0 Å². The molecule has 1 aromatic rings. The molecule has 3 rings (SSSR count). The van der Waals surface area contributed by atoms with Crippen LogP contribution in [0.3, 0.4) is 0 Å². The Hall–Kier alpha value is -2.10. The van der Waals surface area contributed by atoms with Crippen LogP contribution >= 0.6 is 0 Å². The Kier molecular flexibility index (Phi) is 7.84. The number of benzene rings is 1. The van der Waals surface area contributed by atoms with E-state index in [4.69, 9.17) is 10.5 Å². The number of rotatable bonds is 8. The number of nitrogens with zero attached hydrogens (tertiary/aromatic N) is 2. The van der Waals surface area contributed by atoms with Crippen molar-refractivity contribution < 1.29 is 23.1 Å². The van der Waals surface area contributed by atoms with Crippen LogP contribution < -0.4 is 16.0 Å². The molecule has 1 aliphatic heterocycles. The highest BCUT2D eigenvalue weighted by atomic mass is 19.3.